The molecule has 0 atom stereocenters. The van der Waals surface area contributed by atoms with E-state index in [0.717, 1.165) is 6.07 Å². The van der Waals surface area contributed by atoms with Crippen LogP contribution in [0.3, 0.4) is 0 Å². The molecule has 1 aromatic heterocycles. The highest BCUT2D eigenvalue weighted by Gasteiger charge is 2.33. The van der Waals surface area contributed by atoms with Gasteiger partial charge in [0.25, 0.3) is 0 Å². The molecule has 0 amide bonds. The van der Waals surface area contributed by atoms with E-state index in [9.17, 15) is 17.6 Å². The summed E-state index contributed by atoms with van der Waals surface area (Å²) in [7, 11) is 0. The maximum atomic E-state index is 14.1. The van der Waals surface area contributed by atoms with Crippen molar-refractivity contribution in [3.63, 3.8) is 0 Å². The molecule has 0 saturated carbocycles. The quantitative estimate of drug-likeness (QED) is 0.600. The van der Waals surface area contributed by atoms with E-state index in [1.54, 1.807) is 18.2 Å². The van der Waals surface area contributed by atoms with Crippen molar-refractivity contribution in [3.8, 4) is 0 Å². The molecule has 6 nitrogen and oxygen atoms in total. The standard InChI is InChI=1S/C21H20F4N6/c22-15-6-2-4-8-17(15)30-9-11-31(12-10-30)20-18(26)19(27-13-28-20)29-16-7-3-1-5-14(16)21(23,24)25/h1-8,13H,9-12,26H2,(H,27,28,29). The first-order valence-corrected chi connectivity index (χ1v) is 9.63. The predicted octanol–water partition coefficient (Wildman–Crippen LogP) is 4.29. The first-order valence-electron chi connectivity index (χ1n) is 9.63. The van der Waals surface area contributed by atoms with Gasteiger partial charge in [-0.2, -0.15) is 13.2 Å². The molecule has 162 valence electrons. The van der Waals surface area contributed by atoms with Gasteiger partial charge in [-0.3, -0.25) is 0 Å². The van der Waals surface area contributed by atoms with Gasteiger partial charge in [0.1, 0.15) is 17.8 Å². The maximum absolute atomic E-state index is 14.1. The largest absolute Gasteiger partial charge is 0.418 e. The van der Waals surface area contributed by atoms with Crippen molar-refractivity contribution in [2.45, 2.75) is 6.18 Å². The Morgan fingerprint density at radius 1 is 0.871 bits per heavy atom. The van der Waals surface area contributed by atoms with Crippen molar-refractivity contribution in [1.82, 2.24) is 9.97 Å². The molecule has 4 rings (SSSR count). The number of hydrogen-bond acceptors (Lipinski definition) is 6. The fourth-order valence-electron chi connectivity index (χ4n) is 3.57. The Hall–Kier alpha value is -3.56. The van der Waals surface area contributed by atoms with Crippen LogP contribution >= 0.6 is 0 Å². The van der Waals surface area contributed by atoms with Gasteiger partial charge in [-0.15, -0.1) is 0 Å². The smallest absolute Gasteiger partial charge is 0.393 e. The average molecular weight is 432 g/mol. The molecule has 2 aromatic carbocycles. The van der Waals surface area contributed by atoms with Crippen molar-refractivity contribution in [3.05, 3.63) is 66.2 Å². The molecule has 1 fully saturated rings. The third-order valence-electron chi connectivity index (χ3n) is 5.12. The number of para-hydroxylation sites is 2. The van der Waals surface area contributed by atoms with Crippen LogP contribution < -0.4 is 20.9 Å². The third-order valence-corrected chi connectivity index (χ3v) is 5.12. The molecule has 3 aromatic rings. The molecule has 0 aliphatic carbocycles. The molecule has 3 N–H and O–H groups in total. The molecule has 10 heteroatoms. The molecular formula is C21H20F4N6. The van der Waals surface area contributed by atoms with Crippen LogP contribution in [0.1, 0.15) is 5.56 Å². The number of hydrogen-bond donors (Lipinski definition) is 2. The second kappa shape index (κ2) is 8.29. The molecule has 0 spiro atoms. The number of anilines is 5. The fourth-order valence-corrected chi connectivity index (χ4v) is 3.57. The van der Waals surface area contributed by atoms with Crippen LogP contribution in [0.15, 0.2) is 54.9 Å². The molecule has 31 heavy (non-hydrogen) atoms. The van der Waals surface area contributed by atoms with Crippen LogP contribution in [0.2, 0.25) is 0 Å². The summed E-state index contributed by atoms with van der Waals surface area (Å²) in [6.07, 6.45) is -3.26. The van der Waals surface area contributed by atoms with E-state index in [0.29, 0.717) is 37.7 Å². The Bertz CT molecular complexity index is 1060. The number of alkyl halides is 3. The van der Waals surface area contributed by atoms with Crippen molar-refractivity contribution in [2.24, 2.45) is 0 Å². The number of piperazine rings is 1. The van der Waals surface area contributed by atoms with Crippen LogP contribution in [0.5, 0.6) is 0 Å². The SMILES string of the molecule is Nc1c(Nc2ccccc2C(F)(F)F)ncnc1N1CCN(c2ccccc2F)CC1. The molecule has 0 radical (unpaired) electrons. The van der Waals surface area contributed by atoms with Gasteiger partial charge in [0.2, 0.25) is 0 Å². The number of nitrogens with zero attached hydrogens (tertiary/aromatic N) is 4. The lowest BCUT2D eigenvalue weighted by atomic mass is 10.1. The zero-order chi connectivity index (χ0) is 22.0. The average Bonchev–Trinajstić information content (AvgIpc) is 2.75. The summed E-state index contributed by atoms with van der Waals surface area (Å²) in [6, 6.07) is 11.7. The number of benzene rings is 2. The zero-order valence-corrected chi connectivity index (χ0v) is 16.4. The normalized spacial score (nSPS) is 14.6. The number of halogens is 4. The summed E-state index contributed by atoms with van der Waals surface area (Å²) in [4.78, 5) is 12.1. The van der Waals surface area contributed by atoms with Gasteiger partial charge >= 0.3 is 6.18 Å². The number of nitrogen functional groups attached to an aromatic ring is 1. The monoisotopic (exact) mass is 432 g/mol. The highest BCUT2D eigenvalue weighted by atomic mass is 19.4. The number of nitrogens with two attached hydrogens (primary N) is 1. The van der Waals surface area contributed by atoms with Crippen molar-refractivity contribution >= 4 is 28.7 Å². The summed E-state index contributed by atoms with van der Waals surface area (Å²) in [5.74, 6) is 0.237. The second-order valence-corrected chi connectivity index (χ2v) is 7.05. The highest BCUT2D eigenvalue weighted by molar-refractivity contribution is 5.79. The van der Waals surface area contributed by atoms with Gasteiger partial charge < -0.3 is 20.9 Å². The van der Waals surface area contributed by atoms with Gasteiger partial charge in [-0.25, -0.2) is 14.4 Å². The van der Waals surface area contributed by atoms with Crippen LogP contribution in [-0.4, -0.2) is 36.1 Å². The predicted molar refractivity (Wildman–Crippen MR) is 112 cm³/mol. The molecular weight excluding hydrogens is 412 g/mol. The molecule has 1 aliphatic rings. The van der Waals surface area contributed by atoms with Crippen molar-refractivity contribution in [2.75, 3.05) is 47.0 Å². The zero-order valence-electron chi connectivity index (χ0n) is 16.4. The highest BCUT2D eigenvalue weighted by Crippen LogP contribution is 2.37. The maximum Gasteiger partial charge on any atom is 0.418 e. The summed E-state index contributed by atoms with van der Waals surface area (Å²) in [6.45, 7) is 2.14. The van der Waals surface area contributed by atoms with Crippen molar-refractivity contribution < 1.29 is 17.6 Å². The first kappa shape index (κ1) is 20.7. The molecule has 0 bridgehead atoms. The molecule has 1 saturated heterocycles. The topological polar surface area (TPSA) is 70.3 Å². The van der Waals surface area contributed by atoms with E-state index >= 15 is 0 Å². The van der Waals surface area contributed by atoms with E-state index in [-0.39, 0.29) is 23.0 Å². The minimum atomic E-state index is -4.52. The summed E-state index contributed by atoms with van der Waals surface area (Å²) < 4.78 is 53.9. The van der Waals surface area contributed by atoms with Crippen LogP contribution in [-0.2, 0) is 6.18 Å². The number of nitrogens with one attached hydrogen (secondary N) is 1. The van der Waals surface area contributed by atoms with Gasteiger partial charge in [0, 0.05) is 26.2 Å². The van der Waals surface area contributed by atoms with E-state index < -0.39 is 11.7 Å². The fraction of sp³-hybridized carbons (Fsp3) is 0.238. The van der Waals surface area contributed by atoms with E-state index in [1.165, 1.54) is 30.6 Å². The Kier molecular flexibility index (Phi) is 5.53. The lowest BCUT2D eigenvalue weighted by Crippen LogP contribution is -2.47. The summed E-state index contributed by atoms with van der Waals surface area (Å²) in [5.41, 5.74) is 5.94. The lowest BCUT2D eigenvalue weighted by Gasteiger charge is -2.37. The third kappa shape index (κ3) is 4.32. The van der Waals surface area contributed by atoms with Gasteiger partial charge in [-0.1, -0.05) is 24.3 Å². The Labute approximate surface area is 176 Å². The minimum Gasteiger partial charge on any atom is -0.393 e. The van der Waals surface area contributed by atoms with Gasteiger partial charge in [-0.05, 0) is 24.3 Å². The van der Waals surface area contributed by atoms with Gasteiger partial charge in [0.15, 0.2) is 11.6 Å². The first-order chi connectivity index (χ1) is 14.8. The lowest BCUT2D eigenvalue weighted by molar-refractivity contribution is -0.136. The summed E-state index contributed by atoms with van der Waals surface area (Å²) in [5, 5.41) is 2.69. The Balaban J connectivity index is 1.53. The molecule has 0 unspecified atom stereocenters. The van der Waals surface area contributed by atoms with Crippen LogP contribution in [0.25, 0.3) is 0 Å². The van der Waals surface area contributed by atoms with E-state index in [1.807, 2.05) is 9.80 Å². The molecule has 2 heterocycles. The molecule has 1 aliphatic heterocycles. The van der Waals surface area contributed by atoms with Crippen LogP contribution in [0.4, 0.5) is 46.3 Å². The van der Waals surface area contributed by atoms with Gasteiger partial charge in [0.05, 0.1) is 16.9 Å². The van der Waals surface area contributed by atoms with E-state index in [2.05, 4.69) is 15.3 Å². The second-order valence-electron chi connectivity index (χ2n) is 7.05. The Morgan fingerprint density at radius 3 is 2.23 bits per heavy atom. The van der Waals surface area contributed by atoms with E-state index in [4.69, 9.17) is 5.73 Å². The Morgan fingerprint density at radius 2 is 1.52 bits per heavy atom. The summed E-state index contributed by atoms with van der Waals surface area (Å²) >= 11 is 0. The van der Waals surface area contributed by atoms with Crippen LogP contribution in [0, 0.1) is 5.82 Å². The minimum absolute atomic E-state index is 0.0956. The number of rotatable bonds is 4. The number of aromatic nitrogens is 2. The van der Waals surface area contributed by atoms with Crippen molar-refractivity contribution in [1.29, 1.82) is 0 Å².